The predicted molar refractivity (Wildman–Crippen MR) is 221 cm³/mol. The average Bonchev–Trinajstić information content (AvgIpc) is 2.98. The van der Waals surface area contributed by atoms with Crippen molar-refractivity contribution in [2.75, 3.05) is 0 Å². The first-order chi connectivity index (χ1) is 18.0. The van der Waals surface area contributed by atoms with Crippen molar-refractivity contribution >= 4 is 101 Å². The predicted octanol–water partition coefficient (Wildman–Crippen LogP) is 10.6. The quantitative estimate of drug-likeness (QED) is 0.199. The second-order valence-corrected chi connectivity index (χ2v) is 101. The summed E-state index contributed by atoms with van der Waals surface area (Å²) in [4.78, 5) is 0. The minimum atomic E-state index is -1.71. The number of fused-ring (bicyclic) bond motifs is 3. The first kappa shape index (κ1) is 36.6. The van der Waals surface area contributed by atoms with Crippen molar-refractivity contribution in [3.05, 3.63) is 44.3 Å². The van der Waals surface area contributed by atoms with E-state index in [2.05, 4.69) is 174 Å². The van der Waals surface area contributed by atoms with Crippen LogP contribution in [-0.4, -0.2) is 58.8 Å². The Morgan fingerprint density at radius 3 is 0.805 bits per heavy atom. The van der Waals surface area contributed by atoms with Crippen LogP contribution in [0.5, 0.6) is 0 Å². The van der Waals surface area contributed by atoms with Gasteiger partial charge in [0.05, 0.1) is 13.3 Å². The zero-order valence-electron chi connectivity index (χ0n) is 29.8. The van der Waals surface area contributed by atoms with Gasteiger partial charge >= 0.3 is 0 Å². The van der Waals surface area contributed by atoms with Crippen molar-refractivity contribution in [3.8, 4) is 11.1 Å². The molecule has 1 aliphatic rings. The molecule has 3 rings (SSSR count). The monoisotopic (exact) mass is 814 g/mol. The van der Waals surface area contributed by atoms with Gasteiger partial charge in [-0.05, 0) is 40.8 Å². The Labute approximate surface area is 278 Å². The van der Waals surface area contributed by atoms with Crippen LogP contribution in [0.15, 0.2) is 33.2 Å². The molecular weight excluding hydrogens is 757 g/mol. The lowest BCUT2D eigenvalue weighted by Gasteiger charge is -2.58. The van der Waals surface area contributed by atoms with Gasteiger partial charge in [-0.3, -0.25) is 0 Å². The van der Waals surface area contributed by atoms with Crippen molar-refractivity contribution in [3.63, 3.8) is 0 Å². The van der Waals surface area contributed by atoms with E-state index in [0.717, 1.165) is 6.42 Å². The molecule has 2 aromatic carbocycles. The van der Waals surface area contributed by atoms with Crippen molar-refractivity contribution in [2.45, 2.75) is 124 Å². The van der Waals surface area contributed by atoms with E-state index in [1.54, 1.807) is 21.5 Å². The standard InChI is InChI=1S/C31H60Br2Si8/c1-34(2,3)40(35(4,5)6,36(7,8)9)30-20-24-19-25-21-31(29(33)23-27(25)26(24)22-28(30)32)41(37(10,11)12,38(13,14)15)39(16,17)18/h20-23H,19H2,1-18H3. The molecule has 0 unspecified atom stereocenters. The molecule has 2 aromatic rings. The number of benzene rings is 2. The third-order valence-corrected chi connectivity index (χ3v) is 155. The Kier molecular flexibility index (Phi) is 9.69. The van der Waals surface area contributed by atoms with Crippen molar-refractivity contribution in [1.29, 1.82) is 0 Å². The fraction of sp³-hybridized carbons (Fsp3) is 0.613. The highest BCUT2D eigenvalue weighted by Crippen LogP contribution is 2.45. The molecule has 0 spiro atoms. The third kappa shape index (κ3) is 5.49. The summed E-state index contributed by atoms with van der Waals surface area (Å²) in [6.07, 6.45) is 1.12. The molecule has 0 nitrogen and oxygen atoms in total. The molecule has 0 fully saturated rings. The summed E-state index contributed by atoms with van der Waals surface area (Å²) in [5.41, 5.74) is 6.20. The smallest absolute Gasteiger partial charge is 0.0700 e. The van der Waals surface area contributed by atoms with Crippen LogP contribution in [0, 0.1) is 0 Å². The molecule has 0 saturated heterocycles. The fourth-order valence-electron chi connectivity index (χ4n) is 12.0. The Morgan fingerprint density at radius 2 is 0.610 bits per heavy atom. The van der Waals surface area contributed by atoms with Crippen LogP contribution in [0.25, 0.3) is 11.1 Å². The molecule has 0 radical (unpaired) electrons. The number of halogens is 2. The van der Waals surface area contributed by atoms with E-state index >= 15 is 0 Å². The van der Waals surface area contributed by atoms with E-state index in [4.69, 9.17) is 0 Å². The van der Waals surface area contributed by atoms with Gasteiger partial charge in [0.2, 0.25) is 0 Å². The Bertz CT molecular complexity index is 1170. The largest absolute Gasteiger partial charge is 0.0716 e. The number of hydrogen-bond acceptors (Lipinski definition) is 0. The minimum absolute atomic E-state index is 1.12. The van der Waals surface area contributed by atoms with Gasteiger partial charge < -0.3 is 0 Å². The molecule has 0 amide bonds. The van der Waals surface area contributed by atoms with Gasteiger partial charge in [-0.25, -0.2) is 0 Å². The summed E-state index contributed by atoms with van der Waals surface area (Å²) in [5.74, 6) is 0. The number of hydrogen-bond donors (Lipinski definition) is 0. The zero-order valence-corrected chi connectivity index (χ0v) is 40.9. The zero-order chi connectivity index (χ0) is 32.2. The first-order valence-corrected chi connectivity index (χ1v) is 48.2. The van der Waals surface area contributed by atoms with Gasteiger partial charge in [-0.15, -0.1) is 0 Å². The molecule has 0 saturated carbocycles. The Morgan fingerprint density at radius 1 is 0.390 bits per heavy atom. The summed E-state index contributed by atoms with van der Waals surface area (Å²) in [6.45, 7) is 45.6. The maximum atomic E-state index is 4.27. The summed E-state index contributed by atoms with van der Waals surface area (Å²) < 4.78 is 2.86. The van der Waals surface area contributed by atoms with E-state index in [9.17, 15) is 0 Å². The lowest BCUT2D eigenvalue weighted by molar-refractivity contribution is 1.27. The van der Waals surface area contributed by atoms with Gasteiger partial charge in [0.25, 0.3) is 0 Å². The van der Waals surface area contributed by atoms with E-state index in [0.29, 0.717) is 0 Å². The molecule has 41 heavy (non-hydrogen) atoms. The fourth-order valence-corrected chi connectivity index (χ4v) is 218. The van der Waals surface area contributed by atoms with Gasteiger partial charge in [0.15, 0.2) is 0 Å². The molecule has 230 valence electrons. The first-order valence-electron chi connectivity index (χ1n) is 15.6. The van der Waals surface area contributed by atoms with E-state index in [-0.39, 0.29) is 0 Å². The lowest BCUT2D eigenvalue weighted by Crippen LogP contribution is -2.88. The van der Waals surface area contributed by atoms with E-state index < -0.39 is 58.8 Å². The van der Waals surface area contributed by atoms with Gasteiger partial charge in [-0.2, -0.15) is 0 Å². The normalized spacial score (nSPS) is 15.7. The maximum absolute atomic E-state index is 4.27. The molecule has 10 heteroatoms. The average molecular weight is 817 g/mol. The Balaban J connectivity index is 2.39. The number of rotatable bonds is 8. The minimum Gasteiger partial charge on any atom is -0.0716 e. The van der Waals surface area contributed by atoms with Crippen LogP contribution in [0.4, 0.5) is 0 Å². The van der Waals surface area contributed by atoms with Crippen LogP contribution in [0.2, 0.25) is 118 Å². The molecular formula is C31H60Br2Si8. The third-order valence-electron chi connectivity index (χ3n) is 10.6. The van der Waals surface area contributed by atoms with Crippen LogP contribution >= 0.6 is 31.9 Å². The second-order valence-electron chi connectivity index (χ2n) is 19.2. The van der Waals surface area contributed by atoms with Crippen LogP contribution in [-0.2, 0) is 6.42 Å². The van der Waals surface area contributed by atoms with E-state index in [1.165, 1.54) is 20.1 Å². The van der Waals surface area contributed by atoms with Crippen LogP contribution in [0.3, 0.4) is 0 Å². The molecule has 0 N–H and O–H groups in total. The second kappa shape index (κ2) is 10.9. The van der Waals surface area contributed by atoms with Crippen molar-refractivity contribution < 1.29 is 0 Å². The molecule has 0 aromatic heterocycles. The lowest BCUT2D eigenvalue weighted by atomic mass is 10.1. The molecule has 0 aliphatic heterocycles. The molecule has 0 bridgehead atoms. The SMILES string of the molecule is C[Si](C)(C)[Si](c1cc2c(cc1Br)-c1cc(Br)c([Si]([Si](C)(C)C)([Si](C)(C)C)[Si](C)(C)C)cc1C2)([Si](C)(C)C)[Si](C)(C)C. The summed E-state index contributed by atoms with van der Waals surface area (Å²) in [5, 5.41) is 3.60. The van der Waals surface area contributed by atoms with Crippen LogP contribution < -0.4 is 10.4 Å². The molecule has 0 heterocycles. The van der Waals surface area contributed by atoms with Crippen LogP contribution in [0.1, 0.15) is 11.1 Å². The maximum Gasteiger partial charge on any atom is 0.0700 e. The highest BCUT2D eigenvalue weighted by atomic mass is 79.9. The van der Waals surface area contributed by atoms with Gasteiger partial charge in [-0.1, -0.05) is 172 Å². The highest BCUT2D eigenvalue weighted by Gasteiger charge is 2.64. The van der Waals surface area contributed by atoms with E-state index in [1.807, 2.05) is 0 Å². The highest BCUT2D eigenvalue weighted by molar-refractivity contribution is 9.11. The Hall–Kier alpha value is 1.14. The summed E-state index contributed by atoms with van der Waals surface area (Å²) in [6, 6.07) is 10.7. The summed E-state index contributed by atoms with van der Waals surface area (Å²) >= 11 is 8.54. The van der Waals surface area contributed by atoms with Crippen molar-refractivity contribution in [1.82, 2.24) is 0 Å². The van der Waals surface area contributed by atoms with Gasteiger partial charge in [0.1, 0.15) is 0 Å². The molecule has 0 atom stereocenters. The van der Waals surface area contributed by atoms with Crippen molar-refractivity contribution in [2.24, 2.45) is 0 Å². The molecule has 1 aliphatic carbocycles. The topological polar surface area (TPSA) is 0 Å². The summed E-state index contributed by atoms with van der Waals surface area (Å²) in [7, 11) is -8.72. The van der Waals surface area contributed by atoms with Gasteiger partial charge in [0, 0.05) is 54.5 Å².